The van der Waals surface area contributed by atoms with E-state index in [1.165, 1.54) is 5.56 Å². The van der Waals surface area contributed by atoms with E-state index in [0.29, 0.717) is 10.9 Å². The van der Waals surface area contributed by atoms with Crippen molar-refractivity contribution in [3.63, 3.8) is 0 Å². The van der Waals surface area contributed by atoms with E-state index >= 15 is 0 Å². The van der Waals surface area contributed by atoms with Crippen molar-refractivity contribution in [2.45, 2.75) is 39.0 Å². The summed E-state index contributed by atoms with van der Waals surface area (Å²) < 4.78 is 5.80. The van der Waals surface area contributed by atoms with Crippen LogP contribution in [0.1, 0.15) is 44.6 Å². The van der Waals surface area contributed by atoms with E-state index < -0.39 is 0 Å². The molecule has 0 atom stereocenters. The standard InChI is InChI=1S/C14H21NOS/c1-11(2)12-7-3-4-8-13(12)16-10-6-5-9-14(15)17/h3-4,7-8,11H,5-6,9-10H2,1-2H3,(H2,15,17). The Balaban J connectivity index is 2.38. The molecule has 17 heavy (non-hydrogen) atoms. The summed E-state index contributed by atoms with van der Waals surface area (Å²) in [5, 5.41) is 0. The van der Waals surface area contributed by atoms with Crippen molar-refractivity contribution in [2.75, 3.05) is 6.61 Å². The molecule has 0 unspecified atom stereocenters. The average molecular weight is 251 g/mol. The zero-order chi connectivity index (χ0) is 12.7. The minimum Gasteiger partial charge on any atom is -0.493 e. The molecule has 0 bridgehead atoms. The van der Waals surface area contributed by atoms with Gasteiger partial charge in [-0.25, -0.2) is 0 Å². The van der Waals surface area contributed by atoms with Crippen molar-refractivity contribution in [1.29, 1.82) is 0 Å². The second-order valence-electron chi connectivity index (χ2n) is 4.46. The van der Waals surface area contributed by atoms with Gasteiger partial charge < -0.3 is 10.5 Å². The van der Waals surface area contributed by atoms with Crippen LogP contribution in [0.3, 0.4) is 0 Å². The van der Waals surface area contributed by atoms with Crippen molar-refractivity contribution in [1.82, 2.24) is 0 Å². The first-order valence-electron chi connectivity index (χ1n) is 6.11. The van der Waals surface area contributed by atoms with Gasteiger partial charge in [-0.05, 0) is 36.8 Å². The molecule has 3 heteroatoms. The number of unbranched alkanes of at least 4 members (excludes halogenated alkanes) is 1. The lowest BCUT2D eigenvalue weighted by Crippen LogP contribution is -2.08. The van der Waals surface area contributed by atoms with Gasteiger partial charge in [0, 0.05) is 0 Å². The first-order valence-corrected chi connectivity index (χ1v) is 6.52. The number of benzene rings is 1. The molecule has 0 aliphatic carbocycles. The van der Waals surface area contributed by atoms with E-state index in [1.807, 2.05) is 12.1 Å². The monoisotopic (exact) mass is 251 g/mol. The van der Waals surface area contributed by atoms with Crippen LogP contribution in [0.2, 0.25) is 0 Å². The summed E-state index contributed by atoms with van der Waals surface area (Å²) in [5.41, 5.74) is 6.71. The molecule has 0 spiro atoms. The maximum Gasteiger partial charge on any atom is 0.122 e. The summed E-state index contributed by atoms with van der Waals surface area (Å²) in [7, 11) is 0. The van der Waals surface area contributed by atoms with Gasteiger partial charge in [-0.3, -0.25) is 0 Å². The number of rotatable bonds is 7. The molecule has 0 radical (unpaired) electrons. The highest BCUT2D eigenvalue weighted by molar-refractivity contribution is 7.80. The maximum absolute atomic E-state index is 5.80. The lowest BCUT2D eigenvalue weighted by Gasteiger charge is -2.13. The Labute approximate surface area is 109 Å². The quantitative estimate of drug-likeness (QED) is 0.593. The molecule has 1 rings (SSSR count). The molecule has 1 aromatic carbocycles. The molecular weight excluding hydrogens is 230 g/mol. The summed E-state index contributed by atoms with van der Waals surface area (Å²) >= 11 is 4.83. The molecule has 0 amide bonds. The summed E-state index contributed by atoms with van der Waals surface area (Å²) in [5.74, 6) is 1.49. The highest BCUT2D eigenvalue weighted by Gasteiger charge is 2.06. The molecular formula is C14H21NOS. The topological polar surface area (TPSA) is 35.2 Å². The van der Waals surface area contributed by atoms with Crippen LogP contribution in [0, 0.1) is 0 Å². The van der Waals surface area contributed by atoms with E-state index in [4.69, 9.17) is 22.7 Å². The fourth-order valence-corrected chi connectivity index (χ4v) is 1.82. The predicted octanol–water partition coefficient (Wildman–Crippen LogP) is 3.65. The van der Waals surface area contributed by atoms with Crippen molar-refractivity contribution in [3.8, 4) is 5.75 Å². The van der Waals surface area contributed by atoms with E-state index in [9.17, 15) is 0 Å². The lowest BCUT2D eigenvalue weighted by molar-refractivity contribution is 0.304. The van der Waals surface area contributed by atoms with Gasteiger partial charge in [-0.1, -0.05) is 44.3 Å². The van der Waals surface area contributed by atoms with Crippen molar-refractivity contribution >= 4 is 17.2 Å². The van der Waals surface area contributed by atoms with Gasteiger partial charge in [0.2, 0.25) is 0 Å². The van der Waals surface area contributed by atoms with Crippen LogP contribution in [0.25, 0.3) is 0 Å². The van der Waals surface area contributed by atoms with E-state index in [1.54, 1.807) is 0 Å². The number of hydrogen-bond acceptors (Lipinski definition) is 2. The first kappa shape index (κ1) is 14.0. The Hall–Kier alpha value is -1.09. The Bertz CT molecular complexity index is 363. The summed E-state index contributed by atoms with van der Waals surface area (Å²) in [6, 6.07) is 8.21. The number of hydrogen-bond donors (Lipinski definition) is 1. The molecule has 0 saturated carbocycles. The number of thiocarbonyl (C=S) groups is 1. The van der Waals surface area contributed by atoms with Gasteiger partial charge in [0.15, 0.2) is 0 Å². The minimum atomic E-state index is 0.489. The van der Waals surface area contributed by atoms with Crippen LogP contribution in [-0.4, -0.2) is 11.6 Å². The molecule has 0 heterocycles. The summed E-state index contributed by atoms with van der Waals surface area (Å²) in [4.78, 5) is 0.590. The molecule has 0 aromatic heterocycles. The lowest BCUT2D eigenvalue weighted by atomic mass is 10.0. The minimum absolute atomic E-state index is 0.489. The Morgan fingerprint density at radius 3 is 2.65 bits per heavy atom. The van der Waals surface area contributed by atoms with Crippen LogP contribution in [0.5, 0.6) is 5.75 Å². The van der Waals surface area contributed by atoms with Crippen molar-refractivity contribution < 1.29 is 4.74 Å². The van der Waals surface area contributed by atoms with Crippen LogP contribution < -0.4 is 10.5 Å². The molecule has 0 aliphatic rings. The Morgan fingerprint density at radius 1 is 1.29 bits per heavy atom. The van der Waals surface area contributed by atoms with Crippen LogP contribution >= 0.6 is 12.2 Å². The van der Waals surface area contributed by atoms with Crippen molar-refractivity contribution in [2.24, 2.45) is 5.73 Å². The summed E-state index contributed by atoms with van der Waals surface area (Å²) in [6.45, 7) is 5.08. The van der Waals surface area contributed by atoms with Gasteiger partial charge in [0.1, 0.15) is 5.75 Å². The maximum atomic E-state index is 5.80. The third-order valence-electron chi connectivity index (χ3n) is 2.62. The van der Waals surface area contributed by atoms with Crippen LogP contribution in [-0.2, 0) is 0 Å². The fraction of sp³-hybridized carbons (Fsp3) is 0.500. The second kappa shape index (κ2) is 7.28. The van der Waals surface area contributed by atoms with Gasteiger partial charge >= 0.3 is 0 Å². The highest BCUT2D eigenvalue weighted by Crippen LogP contribution is 2.25. The smallest absolute Gasteiger partial charge is 0.122 e. The van der Waals surface area contributed by atoms with E-state index in [2.05, 4.69) is 26.0 Å². The third kappa shape index (κ3) is 5.18. The van der Waals surface area contributed by atoms with Crippen LogP contribution in [0.4, 0.5) is 0 Å². The number of para-hydroxylation sites is 1. The van der Waals surface area contributed by atoms with Crippen molar-refractivity contribution in [3.05, 3.63) is 29.8 Å². The molecule has 0 aliphatic heterocycles. The normalized spacial score (nSPS) is 10.5. The molecule has 2 nitrogen and oxygen atoms in total. The van der Waals surface area contributed by atoms with E-state index in [0.717, 1.165) is 31.6 Å². The first-order chi connectivity index (χ1) is 8.11. The Morgan fingerprint density at radius 2 is 2.00 bits per heavy atom. The van der Waals surface area contributed by atoms with Gasteiger partial charge in [0.25, 0.3) is 0 Å². The van der Waals surface area contributed by atoms with Crippen LogP contribution in [0.15, 0.2) is 24.3 Å². The molecule has 0 saturated heterocycles. The largest absolute Gasteiger partial charge is 0.493 e. The number of ether oxygens (including phenoxy) is 1. The van der Waals surface area contributed by atoms with Gasteiger partial charge in [-0.2, -0.15) is 0 Å². The highest BCUT2D eigenvalue weighted by atomic mass is 32.1. The predicted molar refractivity (Wildman–Crippen MR) is 76.7 cm³/mol. The average Bonchev–Trinajstić information content (AvgIpc) is 2.28. The van der Waals surface area contributed by atoms with Gasteiger partial charge in [0.05, 0.1) is 11.6 Å². The molecule has 0 fully saturated rings. The Kier molecular flexibility index (Phi) is 5.98. The molecule has 94 valence electrons. The van der Waals surface area contributed by atoms with E-state index in [-0.39, 0.29) is 0 Å². The molecule has 2 N–H and O–H groups in total. The summed E-state index contributed by atoms with van der Waals surface area (Å²) in [6.07, 6.45) is 2.80. The fourth-order valence-electron chi connectivity index (χ4n) is 1.67. The molecule has 1 aromatic rings. The third-order valence-corrected chi connectivity index (χ3v) is 2.82. The zero-order valence-electron chi connectivity index (χ0n) is 10.6. The number of nitrogens with two attached hydrogens (primary N) is 1. The SMILES string of the molecule is CC(C)c1ccccc1OCCCCC(N)=S. The van der Waals surface area contributed by atoms with Gasteiger partial charge in [-0.15, -0.1) is 0 Å². The second-order valence-corrected chi connectivity index (χ2v) is 4.99. The zero-order valence-corrected chi connectivity index (χ0v) is 11.4.